The summed E-state index contributed by atoms with van der Waals surface area (Å²) >= 11 is 0. The van der Waals surface area contributed by atoms with Crippen LogP contribution in [0.4, 0.5) is 0 Å². The van der Waals surface area contributed by atoms with E-state index in [2.05, 4.69) is 0 Å². The van der Waals surface area contributed by atoms with E-state index in [4.69, 9.17) is 24.2 Å². The number of benzene rings is 1. The van der Waals surface area contributed by atoms with Crippen LogP contribution in [0, 0.1) is 11.3 Å². The second-order valence-corrected chi connectivity index (χ2v) is 4.62. The van der Waals surface area contributed by atoms with E-state index in [0.29, 0.717) is 23.7 Å². The normalized spacial score (nSPS) is 10.6. The SMILES string of the molecule is CCOC(=O)COc1ccc(/C=C(/C#N)C(=O)OCC)cc1OCC. The first-order valence-corrected chi connectivity index (χ1v) is 7.89. The van der Waals surface area contributed by atoms with Crippen molar-refractivity contribution in [1.29, 1.82) is 5.26 Å². The van der Waals surface area contributed by atoms with Gasteiger partial charge in [-0.05, 0) is 44.5 Å². The maximum absolute atomic E-state index is 11.7. The predicted octanol–water partition coefficient (Wildman–Crippen LogP) is 2.50. The third-order valence-corrected chi connectivity index (χ3v) is 2.85. The molecule has 0 fully saturated rings. The van der Waals surface area contributed by atoms with E-state index in [1.54, 1.807) is 39.0 Å². The van der Waals surface area contributed by atoms with Gasteiger partial charge in [0.15, 0.2) is 18.1 Å². The molecule has 25 heavy (non-hydrogen) atoms. The van der Waals surface area contributed by atoms with Gasteiger partial charge in [0, 0.05) is 0 Å². The third-order valence-electron chi connectivity index (χ3n) is 2.85. The van der Waals surface area contributed by atoms with Gasteiger partial charge in [-0.15, -0.1) is 0 Å². The number of nitrogens with zero attached hydrogens (tertiary/aromatic N) is 1. The van der Waals surface area contributed by atoms with Gasteiger partial charge < -0.3 is 18.9 Å². The summed E-state index contributed by atoms with van der Waals surface area (Å²) in [6, 6.07) is 6.65. The molecule has 0 aliphatic carbocycles. The Labute approximate surface area is 146 Å². The Morgan fingerprint density at radius 2 is 1.76 bits per heavy atom. The number of rotatable bonds is 9. The number of carbonyl (C=O) groups excluding carboxylic acids is 2. The molecule has 0 saturated heterocycles. The summed E-state index contributed by atoms with van der Waals surface area (Å²) in [5.41, 5.74) is 0.445. The molecular formula is C18H21NO6. The van der Waals surface area contributed by atoms with Crippen LogP contribution < -0.4 is 9.47 Å². The quantitative estimate of drug-likeness (QED) is 0.385. The van der Waals surface area contributed by atoms with Crippen molar-refractivity contribution in [2.24, 2.45) is 0 Å². The van der Waals surface area contributed by atoms with Crippen molar-refractivity contribution in [1.82, 2.24) is 0 Å². The van der Waals surface area contributed by atoms with E-state index in [1.807, 2.05) is 6.07 Å². The summed E-state index contributed by atoms with van der Waals surface area (Å²) in [6.07, 6.45) is 1.40. The average molecular weight is 347 g/mol. The van der Waals surface area contributed by atoms with E-state index in [1.165, 1.54) is 6.08 Å². The molecule has 0 spiro atoms. The average Bonchev–Trinajstić information content (AvgIpc) is 2.59. The predicted molar refractivity (Wildman–Crippen MR) is 90.0 cm³/mol. The zero-order chi connectivity index (χ0) is 18.7. The van der Waals surface area contributed by atoms with Crippen LogP contribution in [0.25, 0.3) is 6.08 Å². The van der Waals surface area contributed by atoms with Gasteiger partial charge in [-0.2, -0.15) is 5.26 Å². The summed E-state index contributed by atoms with van der Waals surface area (Å²) in [4.78, 5) is 23.1. The number of esters is 2. The van der Waals surface area contributed by atoms with E-state index in [9.17, 15) is 9.59 Å². The number of hydrogen-bond donors (Lipinski definition) is 0. The summed E-state index contributed by atoms with van der Waals surface area (Å²) < 4.78 is 20.5. The van der Waals surface area contributed by atoms with Crippen LogP contribution in [-0.4, -0.2) is 38.4 Å². The number of ether oxygens (including phenoxy) is 4. The van der Waals surface area contributed by atoms with Crippen molar-refractivity contribution in [2.45, 2.75) is 20.8 Å². The van der Waals surface area contributed by atoms with Crippen LogP contribution in [0.3, 0.4) is 0 Å². The lowest BCUT2D eigenvalue weighted by Gasteiger charge is -2.12. The standard InChI is InChI=1S/C18H21NO6/c1-4-22-16-10-13(9-14(11-19)18(21)24-6-3)7-8-15(16)25-12-17(20)23-5-2/h7-10H,4-6,12H2,1-3H3/b14-9-. The van der Waals surface area contributed by atoms with E-state index < -0.39 is 11.9 Å². The fraction of sp³-hybridized carbons (Fsp3) is 0.389. The van der Waals surface area contributed by atoms with Crippen LogP contribution in [0.1, 0.15) is 26.3 Å². The molecule has 1 rings (SSSR count). The van der Waals surface area contributed by atoms with Crippen molar-refractivity contribution in [3.63, 3.8) is 0 Å². The molecular weight excluding hydrogens is 326 g/mol. The zero-order valence-electron chi connectivity index (χ0n) is 14.5. The molecule has 0 aliphatic heterocycles. The Kier molecular flexibility index (Phi) is 8.58. The van der Waals surface area contributed by atoms with Crippen molar-refractivity contribution < 1.29 is 28.5 Å². The molecule has 1 aromatic carbocycles. The van der Waals surface area contributed by atoms with Crippen molar-refractivity contribution in [2.75, 3.05) is 26.4 Å². The molecule has 0 saturated carbocycles. The lowest BCUT2D eigenvalue weighted by Crippen LogP contribution is -2.15. The van der Waals surface area contributed by atoms with Gasteiger partial charge in [0.1, 0.15) is 11.6 Å². The van der Waals surface area contributed by atoms with Crippen molar-refractivity contribution >= 4 is 18.0 Å². The van der Waals surface area contributed by atoms with Crippen molar-refractivity contribution in [3.8, 4) is 17.6 Å². The number of hydrogen-bond acceptors (Lipinski definition) is 7. The highest BCUT2D eigenvalue weighted by Gasteiger charge is 2.12. The summed E-state index contributed by atoms with van der Waals surface area (Å²) in [6.45, 7) is 5.77. The van der Waals surface area contributed by atoms with Gasteiger partial charge in [0.2, 0.25) is 0 Å². The maximum Gasteiger partial charge on any atom is 0.348 e. The second kappa shape index (κ2) is 10.7. The summed E-state index contributed by atoms with van der Waals surface area (Å²) in [5.74, 6) is -0.419. The molecule has 0 unspecified atom stereocenters. The molecule has 1 aromatic rings. The van der Waals surface area contributed by atoms with Crippen LogP contribution >= 0.6 is 0 Å². The van der Waals surface area contributed by atoms with Crippen LogP contribution in [0.5, 0.6) is 11.5 Å². The molecule has 0 N–H and O–H groups in total. The minimum Gasteiger partial charge on any atom is -0.490 e. The Morgan fingerprint density at radius 3 is 2.36 bits per heavy atom. The van der Waals surface area contributed by atoms with E-state index >= 15 is 0 Å². The minimum absolute atomic E-state index is 0.121. The fourth-order valence-corrected chi connectivity index (χ4v) is 1.85. The molecule has 0 radical (unpaired) electrons. The second-order valence-electron chi connectivity index (χ2n) is 4.62. The third kappa shape index (κ3) is 6.55. The van der Waals surface area contributed by atoms with Crippen LogP contribution in [-0.2, 0) is 19.1 Å². The van der Waals surface area contributed by atoms with Crippen LogP contribution in [0.2, 0.25) is 0 Å². The van der Waals surface area contributed by atoms with Crippen LogP contribution in [0.15, 0.2) is 23.8 Å². The summed E-state index contributed by atoms with van der Waals surface area (Å²) in [5, 5.41) is 9.08. The van der Waals surface area contributed by atoms with Gasteiger partial charge in [0.25, 0.3) is 0 Å². The largest absolute Gasteiger partial charge is 0.490 e. The molecule has 7 heteroatoms. The smallest absolute Gasteiger partial charge is 0.348 e. The van der Waals surface area contributed by atoms with Gasteiger partial charge in [-0.3, -0.25) is 0 Å². The minimum atomic E-state index is -0.689. The molecule has 0 aromatic heterocycles. The highest BCUT2D eigenvalue weighted by Crippen LogP contribution is 2.29. The lowest BCUT2D eigenvalue weighted by molar-refractivity contribution is -0.145. The Morgan fingerprint density at radius 1 is 1.04 bits per heavy atom. The molecule has 0 amide bonds. The van der Waals surface area contributed by atoms with E-state index in [0.717, 1.165) is 0 Å². The first-order chi connectivity index (χ1) is 12.0. The van der Waals surface area contributed by atoms with Gasteiger partial charge in [-0.1, -0.05) is 6.07 Å². The summed E-state index contributed by atoms with van der Waals surface area (Å²) in [7, 11) is 0. The van der Waals surface area contributed by atoms with Gasteiger partial charge in [-0.25, -0.2) is 9.59 Å². The first-order valence-electron chi connectivity index (χ1n) is 7.89. The first kappa shape index (κ1) is 20.0. The fourth-order valence-electron chi connectivity index (χ4n) is 1.85. The molecule has 7 nitrogen and oxygen atoms in total. The number of carbonyl (C=O) groups is 2. The monoisotopic (exact) mass is 347 g/mol. The number of nitriles is 1. The molecule has 134 valence electrons. The van der Waals surface area contributed by atoms with Gasteiger partial charge >= 0.3 is 11.9 Å². The zero-order valence-corrected chi connectivity index (χ0v) is 14.5. The Bertz CT molecular complexity index is 675. The maximum atomic E-state index is 11.7. The van der Waals surface area contributed by atoms with Gasteiger partial charge in [0.05, 0.1) is 19.8 Å². The topological polar surface area (TPSA) is 94.9 Å². The molecule has 0 atom stereocenters. The highest BCUT2D eigenvalue weighted by atomic mass is 16.6. The van der Waals surface area contributed by atoms with E-state index in [-0.39, 0.29) is 25.4 Å². The Hall–Kier alpha value is -3.01. The molecule has 0 bridgehead atoms. The lowest BCUT2D eigenvalue weighted by atomic mass is 10.1. The highest BCUT2D eigenvalue weighted by molar-refractivity contribution is 5.97. The Balaban J connectivity index is 3.01. The molecule has 0 aliphatic rings. The molecule has 0 heterocycles. The van der Waals surface area contributed by atoms with Crippen molar-refractivity contribution in [3.05, 3.63) is 29.3 Å².